The minimum atomic E-state index is -0.994. The van der Waals surface area contributed by atoms with Crippen molar-refractivity contribution in [2.24, 2.45) is 0 Å². The second-order valence-electron chi connectivity index (χ2n) is 4.85. The number of rotatable bonds is 3. The number of hydrogen-bond acceptors (Lipinski definition) is 3. The van der Waals surface area contributed by atoms with Crippen molar-refractivity contribution in [2.75, 3.05) is 0 Å². The predicted molar refractivity (Wildman–Crippen MR) is 71.6 cm³/mol. The summed E-state index contributed by atoms with van der Waals surface area (Å²) in [5.41, 5.74) is 0.908. The average molecular weight is 257 g/mol. The van der Waals surface area contributed by atoms with Gasteiger partial charge in [-0.15, -0.1) is 0 Å². The molecule has 0 bridgehead atoms. The van der Waals surface area contributed by atoms with Gasteiger partial charge in [0.15, 0.2) is 0 Å². The van der Waals surface area contributed by atoms with Crippen LogP contribution in [0.4, 0.5) is 0 Å². The van der Waals surface area contributed by atoms with Crippen molar-refractivity contribution in [3.63, 3.8) is 0 Å². The summed E-state index contributed by atoms with van der Waals surface area (Å²) in [6, 6.07) is 7.48. The summed E-state index contributed by atoms with van der Waals surface area (Å²) in [4.78, 5) is 15.5. The second kappa shape index (κ2) is 4.88. The average Bonchev–Trinajstić information content (AvgIpc) is 2.92. The van der Waals surface area contributed by atoms with E-state index >= 15 is 0 Å². The smallest absolute Gasteiger partial charge is 0.341 e. The Hall–Kier alpha value is -2.10. The van der Waals surface area contributed by atoms with Crippen molar-refractivity contribution in [3.8, 4) is 5.75 Å². The highest BCUT2D eigenvalue weighted by atomic mass is 16.5. The first-order chi connectivity index (χ1) is 9.25. The fourth-order valence-electron chi connectivity index (χ4n) is 2.57. The molecule has 1 saturated carbocycles. The highest BCUT2D eigenvalue weighted by Crippen LogP contribution is 2.32. The van der Waals surface area contributed by atoms with Crippen LogP contribution in [-0.2, 0) is 0 Å². The number of carbonyl (C=O) groups is 1. The largest absolute Gasteiger partial charge is 0.489 e. The van der Waals surface area contributed by atoms with E-state index in [1.54, 1.807) is 0 Å². The third-order valence-electron chi connectivity index (χ3n) is 3.54. The quantitative estimate of drug-likeness (QED) is 0.916. The highest BCUT2D eigenvalue weighted by Gasteiger charge is 2.22. The van der Waals surface area contributed by atoms with Crippen LogP contribution in [0.3, 0.4) is 0 Å². The Bertz CT molecular complexity index is 618. The molecule has 0 aliphatic heterocycles. The molecule has 0 spiro atoms. The lowest BCUT2D eigenvalue weighted by molar-refractivity contribution is 0.0689. The molecule has 1 N–H and O–H groups in total. The maximum Gasteiger partial charge on any atom is 0.341 e. The first kappa shape index (κ1) is 12.0. The van der Waals surface area contributed by atoms with Crippen LogP contribution in [0.1, 0.15) is 36.0 Å². The number of fused-ring (bicyclic) bond motifs is 1. The van der Waals surface area contributed by atoms with E-state index in [-0.39, 0.29) is 11.7 Å². The molecular weight excluding hydrogens is 242 g/mol. The molecule has 1 aromatic heterocycles. The first-order valence-electron chi connectivity index (χ1n) is 6.53. The number of aromatic carboxylic acids is 1. The fourth-order valence-corrected chi connectivity index (χ4v) is 2.57. The Morgan fingerprint density at radius 2 is 2.00 bits per heavy atom. The van der Waals surface area contributed by atoms with E-state index in [4.69, 9.17) is 4.74 Å². The molecule has 0 atom stereocenters. The Kier molecular flexibility index (Phi) is 3.07. The lowest BCUT2D eigenvalue weighted by Gasteiger charge is -2.16. The van der Waals surface area contributed by atoms with E-state index in [0.29, 0.717) is 5.75 Å². The van der Waals surface area contributed by atoms with Gasteiger partial charge in [0.2, 0.25) is 0 Å². The summed E-state index contributed by atoms with van der Waals surface area (Å²) >= 11 is 0. The summed E-state index contributed by atoms with van der Waals surface area (Å²) < 4.78 is 5.96. The van der Waals surface area contributed by atoms with E-state index in [2.05, 4.69) is 4.98 Å². The standard InChI is InChI=1S/C15H15NO3/c17-15(18)12-9-16-13-8-4-3-7-11(13)14(12)19-10-5-1-2-6-10/h3-4,7-10H,1-2,5-6H2,(H,17,18). The van der Waals surface area contributed by atoms with Gasteiger partial charge in [0.05, 0.1) is 11.6 Å². The molecule has 1 aliphatic carbocycles. The zero-order valence-corrected chi connectivity index (χ0v) is 10.5. The molecule has 0 unspecified atom stereocenters. The normalized spacial score (nSPS) is 15.8. The summed E-state index contributed by atoms with van der Waals surface area (Å²) in [5, 5.41) is 10.1. The van der Waals surface area contributed by atoms with E-state index in [0.717, 1.165) is 36.6 Å². The van der Waals surface area contributed by atoms with Crippen LogP contribution >= 0.6 is 0 Å². The SMILES string of the molecule is O=C(O)c1cnc2ccccc2c1OC1CCCC1. The fraction of sp³-hybridized carbons (Fsp3) is 0.333. The van der Waals surface area contributed by atoms with Gasteiger partial charge in [-0.3, -0.25) is 4.98 Å². The molecule has 19 heavy (non-hydrogen) atoms. The molecule has 4 heteroatoms. The Morgan fingerprint density at radius 3 is 2.74 bits per heavy atom. The Balaban J connectivity index is 2.10. The van der Waals surface area contributed by atoms with Gasteiger partial charge in [0, 0.05) is 11.6 Å². The van der Waals surface area contributed by atoms with Gasteiger partial charge in [-0.1, -0.05) is 12.1 Å². The number of para-hydroxylation sites is 1. The summed E-state index contributed by atoms with van der Waals surface area (Å²) in [6.45, 7) is 0. The minimum Gasteiger partial charge on any atom is -0.489 e. The number of carboxylic acid groups (broad SMARTS) is 1. The van der Waals surface area contributed by atoms with Crippen LogP contribution in [0.25, 0.3) is 10.9 Å². The van der Waals surface area contributed by atoms with Gasteiger partial charge in [0.1, 0.15) is 11.3 Å². The van der Waals surface area contributed by atoms with Gasteiger partial charge >= 0.3 is 5.97 Å². The summed E-state index contributed by atoms with van der Waals surface area (Å²) in [6.07, 6.45) is 5.80. The minimum absolute atomic E-state index is 0.129. The number of benzene rings is 1. The molecule has 1 heterocycles. The van der Waals surface area contributed by atoms with Crippen LogP contribution in [0.5, 0.6) is 5.75 Å². The van der Waals surface area contributed by atoms with Gasteiger partial charge in [-0.25, -0.2) is 4.79 Å². The molecule has 1 fully saturated rings. The molecule has 0 amide bonds. The van der Waals surface area contributed by atoms with Gasteiger partial charge in [-0.2, -0.15) is 0 Å². The van der Waals surface area contributed by atoms with Crippen molar-refractivity contribution in [1.82, 2.24) is 4.98 Å². The molecule has 0 saturated heterocycles. The van der Waals surface area contributed by atoms with Crippen LogP contribution in [-0.4, -0.2) is 22.2 Å². The number of carboxylic acids is 1. The number of hydrogen-bond donors (Lipinski definition) is 1. The molecule has 1 aliphatic rings. The molecule has 0 radical (unpaired) electrons. The molecule has 3 rings (SSSR count). The molecule has 2 aromatic rings. The number of nitrogens with zero attached hydrogens (tertiary/aromatic N) is 1. The summed E-state index contributed by atoms with van der Waals surface area (Å²) in [7, 11) is 0. The Morgan fingerprint density at radius 1 is 1.26 bits per heavy atom. The van der Waals surface area contributed by atoms with Crippen molar-refractivity contribution in [3.05, 3.63) is 36.0 Å². The van der Waals surface area contributed by atoms with Crippen molar-refractivity contribution in [1.29, 1.82) is 0 Å². The third kappa shape index (κ3) is 2.26. The maximum absolute atomic E-state index is 11.3. The van der Waals surface area contributed by atoms with Crippen molar-refractivity contribution in [2.45, 2.75) is 31.8 Å². The summed E-state index contributed by atoms with van der Waals surface area (Å²) in [5.74, 6) is -0.531. The van der Waals surface area contributed by atoms with Crippen LogP contribution in [0.15, 0.2) is 30.5 Å². The topological polar surface area (TPSA) is 59.4 Å². The first-order valence-corrected chi connectivity index (χ1v) is 6.53. The monoisotopic (exact) mass is 257 g/mol. The second-order valence-corrected chi connectivity index (χ2v) is 4.85. The molecular formula is C15H15NO3. The number of ether oxygens (including phenoxy) is 1. The van der Waals surface area contributed by atoms with Crippen LogP contribution < -0.4 is 4.74 Å². The molecule has 4 nitrogen and oxygen atoms in total. The third-order valence-corrected chi connectivity index (χ3v) is 3.54. The highest BCUT2D eigenvalue weighted by molar-refractivity contribution is 5.98. The lowest BCUT2D eigenvalue weighted by atomic mass is 10.1. The van der Waals surface area contributed by atoms with Crippen molar-refractivity contribution < 1.29 is 14.6 Å². The van der Waals surface area contributed by atoms with Gasteiger partial charge in [0.25, 0.3) is 0 Å². The number of aromatic nitrogens is 1. The van der Waals surface area contributed by atoms with E-state index in [1.165, 1.54) is 6.20 Å². The van der Waals surface area contributed by atoms with E-state index in [9.17, 15) is 9.90 Å². The Labute approximate surface area is 111 Å². The number of pyridine rings is 1. The van der Waals surface area contributed by atoms with Crippen LogP contribution in [0, 0.1) is 0 Å². The lowest BCUT2D eigenvalue weighted by Crippen LogP contribution is -2.14. The molecule has 1 aromatic carbocycles. The van der Waals surface area contributed by atoms with Crippen molar-refractivity contribution >= 4 is 16.9 Å². The van der Waals surface area contributed by atoms with Crippen LogP contribution in [0.2, 0.25) is 0 Å². The van der Waals surface area contributed by atoms with Gasteiger partial charge in [-0.05, 0) is 37.8 Å². The maximum atomic E-state index is 11.3. The van der Waals surface area contributed by atoms with E-state index < -0.39 is 5.97 Å². The predicted octanol–water partition coefficient (Wildman–Crippen LogP) is 3.25. The van der Waals surface area contributed by atoms with E-state index in [1.807, 2.05) is 24.3 Å². The van der Waals surface area contributed by atoms with Gasteiger partial charge < -0.3 is 9.84 Å². The molecule has 98 valence electrons. The zero-order chi connectivity index (χ0) is 13.2. The zero-order valence-electron chi connectivity index (χ0n) is 10.5.